The van der Waals surface area contributed by atoms with Gasteiger partial charge in [0.25, 0.3) is 0 Å². The fraction of sp³-hybridized carbons (Fsp3) is 0.148. The summed E-state index contributed by atoms with van der Waals surface area (Å²) in [7, 11) is -3.66. The van der Waals surface area contributed by atoms with Crippen molar-refractivity contribution >= 4 is 38.2 Å². The van der Waals surface area contributed by atoms with Crippen LogP contribution in [0.5, 0.6) is 11.6 Å². The Hall–Kier alpha value is -4.78. The number of aromatic nitrogens is 4. The molecule has 1 saturated carbocycles. The first-order chi connectivity index (χ1) is 19.1. The maximum Gasteiger partial charge on any atom is 0.235 e. The molecule has 1 aliphatic carbocycles. The third-order valence-corrected chi connectivity index (χ3v) is 8.40. The van der Waals surface area contributed by atoms with Gasteiger partial charge in [-0.05, 0) is 67.8 Å². The number of hydrogen-bond donors (Lipinski definition) is 3. The van der Waals surface area contributed by atoms with Gasteiger partial charge in [0.05, 0.1) is 40.3 Å². The number of carbonyl (C=O) groups excluding carboxylic acids is 1. The molecule has 0 unspecified atom stereocenters. The molecule has 0 amide bonds. The predicted molar refractivity (Wildman–Crippen MR) is 144 cm³/mol. The molecular weight excluding hydrogens is 542 g/mol. The highest BCUT2D eigenvalue weighted by molar-refractivity contribution is 7.93. The van der Waals surface area contributed by atoms with Crippen molar-refractivity contribution in [1.82, 2.24) is 19.7 Å². The van der Waals surface area contributed by atoms with Gasteiger partial charge in [-0.1, -0.05) is 0 Å². The highest BCUT2D eigenvalue weighted by Gasteiger charge is 2.36. The van der Waals surface area contributed by atoms with E-state index in [1.165, 1.54) is 53.5 Å². The number of benzene rings is 2. The van der Waals surface area contributed by atoms with E-state index in [0.717, 1.165) is 6.07 Å². The number of ether oxygens (including phenoxy) is 1. The number of aromatic amines is 1. The topological polar surface area (TPSA) is 145 Å². The van der Waals surface area contributed by atoms with Crippen molar-refractivity contribution in [2.45, 2.75) is 25.0 Å². The number of hydrogen-bond acceptors (Lipinski definition) is 7. The van der Waals surface area contributed by atoms with Gasteiger partial charge in [-0.3, -0.25) is 9.52 Å². The number of nitrogens with one attached hydrogen (secondary N) is 2. The minimum absolute atomic E-state index is 0.0600. The van der Waals surface area contributed by atoms with Gasteiger partial charge in [0.2, 0.25) is 21.7 Å². The van der Waals surface area contributed by atoms with Crippen molar-refractivity contribution in [3.63, 3.8) is 0 Å². The number of nitrogens with two attached hydrogens (primary N) is 1. The monoisotopic (exact) mass is 564 g/mol. The Morgan fingerprint density at radius 2 is 1.88 bits per heavy atom. The summed E-state index contributed by atoms with van der Waals surface area (Å²) in [4.78, 5) is 20.5. The highest BCUT2D eigenvalue weighted by Crippen LogP contribution is 2.32. The maximum absolute atomic E-state index is 14.6. The fourth-order valence-electron chi connectivity index (χ4n) is 4.26. The number of aryl methyl sites for hydroxylation is 1. The summed E-state index contributed by atoms with van der Waals surface area (Å²) in [6.45, 7) is 1.79. The van der Waals surface area contributed by atoms with Crippen LogP contribution in [-0.4, -0.2) is 39.2 Å². The predicted octanol–water partition coefficient (Wildman–Crippen LogP) is 4.84. The van der Waals surface area contributed by atoms with E-state index in [2.05, 4.69) is 19.8 Å². The van der Waals surface area contributed by atoms with Gasteiger partial charge in [0, 0.05) is 17.0 Å². The first kappa shape index (κ1) is 25.5. The summed E-state index contributed by atoms with van der Waals surface area (Å²) >= 11 is 0. The SMILES string of the molecule is Cc1cc(Oc2ccc(F)cc2)ncc1-n1ncc(C(=O)c2cc3cc(F)c(NS(=O)(=O)C4CC4)cc3[nH]2)c1N. The van der Waals surface area contributed by atoms with Crippen LogP contribution in [0.2, 0.25) is 0 Å². The van der Waals surface area contributed by atoms with Crippen LogP contribution in [0.3, 0.4) is 0 Å². The Labute approximate surface area is 226 Å². The van der Waals surface area contributed by atoms with Gasteiger partial charge in [-0.25, -0.2) is 26.9 Å². The lowest BCUT2D eigenvalue weighted by Gasteiger charge is -2.10. The number of ketones is 1. The van der Waals surface area contributed by atoms with E-state index in [9.17, 15) is 22.0 Å². The summed E-state index contributed by atoms with van der Waals surface area (Å²) < 4.78 is 61.6. The van der Waals surface area contributed by atoms with Crippen LogP contribution < -0.4 is 15.2 Å². The van der Waals surface area contributed by atoms with Crippen LogP contribution in [0.15, 0.2) is 60.9 Å². The number of H-pyrrole nitrogens is 1. The molecule has 1 aliphatic rings. The number of nitrogens with zero attached hydrogens (tertiary/aromatic N) is 3. The Morgan fingerprint density at radius 3 is 2.58 bits per heavy atom. The molecule has 0 saturated heterocycles. The number of anilines is 2. The third kappa shape index (κ3) is 4.75. The lowest BCUT2D eigenvalue weighted by molar-refractivity contribution is 0.103. The number of rotatable bonds is 8. The minimum Gasteiger partial charge on any atom is -0.439 e. The Bertz CT molecular complexity index is 1900. The fourth-order valence-corrected chi connectivity index (χ4v) is 5.65. The molecular formula is C27H22F2N6O4S. The first-order valence-electron chi connectivity index (χ1n) is 12.2. The second-order valence-corrected chi connectivity index (χ2v) is 11.5. The van der Waals surface area contributed by atoms with E-state index in [-0.39, 0.29) is 34.5 Å². The smallest absolute Gasteiger partial charge is 0.235 e. The normalized spacial score (nSPS) is 13.5. The van der Waals surface area contributed by atoms with Crippen molar-refractivity contribution in [1.29, 1.82) is 0 Å². The quantitative estimate of drug-likeness (QED) is 0.229. The van der Waals surface area contributed by atoms with E-state index >= 15 is 0 Å². The van der Waals surface area contributed by atoms with Crippen LogP contribution in [0.25, 0.3) is 16.6 Å². The lowest BCUT2D eigenvalue weighted by Crippen LogP contribution is -2.18. The molecule has 10 nitrogen and oxygen atoms in total. The van der Waals surface area contributed by atoms with E-state index in [1.807, 2.05) is 0 Å². The summed E-state index contributed by atoms with van der Waals surface area (Å²) in [5.74, 6) is -0.867. The molecule has 2 aromatic carbocycles. The first-order valence-corrected chi connectivity index (χ1v) is 13.8. The van der Waals surface area contributed by atoms with Crippen molar-refractivity contribution in [2.75, 3.05) is 10.5 Å². The zero-order chi connectivity index (χ0) is 28.2. The summed E-state index contributed by atoms with van der Waals surface area (Å²) in [5.41, 5.74) is 7.92. The van der Waals surface area contributed by atoms with Gasteiger partial charge < -0.3 is 15.5 Å². The van der Waals surface area contributed by atoms with Crippen molar-refractivity contribution < 1.29 is 26.7 Å². The Morgan fingerprint density at radius 1 is 1.12 bits per heavy atom. The molecule has 0 radical (unpaired) electrons. The largest absolute Gasteiger partial charge is 0.439 e. The molecule has 3 aromatic heterocycles. The third-order valence-electron chi connectivity index (χ3n) is 6.54. The molecule has 1 fully saturated rings. The van der Waals surface area contributed by atoms with Crippen LogP contribution in [0.1, 0.15) is 34.5 Å². The molecule has 204 valence electrons. The van der Waals surface area contributed by atoms with Gasteiger partial charge in [0.15, 0.2) is 0 Å². The number of carbonyl (C=O) groups is 1. The van der Waals surface area contributed by atoms with E-state index in [1.54, 1.807) is 13.0 Å². The van der Waals surface area contributed by atoms with Crippen molar-refractivity contribution in [3.05, 3.63) is 89.4 Å². The summed E-state index contributed by atoms with van der Waals surface area (Å²) in [6, 6.07) is 11.1. The maximum atomic E-state index is 14.6. The molecule has 6 rings (SSSR count). The Balaban J connectivity index is 1.25. The highest BCUT2D eigenvalue weighted by atomic mass is 32.2. The Kier molecular flexibility index (Phi) is 6.02. The molecule has 0 aliphatic heterocycles. The number of halogens is 2. The van der Waals surface area contributed by atoms with Crippen LogP contribution in [-0.2, 0) is 10.0 Å². The molecule has 40 heavy (non-hydrogen) atoms. The zero-order valence-electron chi connectivity index (χ0n) is 21.0. The number of sulfonamides is 1. The average Bonchev–Trinajstić information content (AvgIpc) is 3.61. The van der Waals surface area contributed by atoms with Gasteiger partial charge in [0.1, 0.15) is 23.2 Å². The van der Waals surface area contributed by atoms with Gasteiger partial charge in [-0.15, -0.1) is 0 Å². The number of pyridine rings is 1. The summed E-state index contributed by atoms with van der Waals surface area (Å²) in [5, 5.41) is 4.13. The van der Waals surface area contributed by atoms with Crippen LogP contribution in [0.4, 0.5) is 20.3 Å². The van der Waals surface area contributed by atoms with Gasteiger partial charge in [-0.2, -0.15) is 5.10 Å². The van der Waals surface area contributed by atoms with E-state index < -0.39 is 26.9 Å². The molecule has 0 bridgehead atoms. The molecule has 0 spiro atoms. The minimum atomic E-state index is -3.66. The molecule has 13 heteroatoms. The van der Waals surface area contributed by atoms with Crippen molar-refractivity contribution in [2.24, 2.45) is 0 Å². The molecule has 0 atom stereocenters. The van der Waals surface area contributed by atoms with E-state index in [4.69, 9.17) is 10.5 Å². The molecule has 5 aromatic rings. The standard InChI is InChI=1S/C27H22F2N6O4S/c1-14-8-25(39-17-4-2-16(28)3-5-17)31-13-24(14)35-27(30)19(12-32-35)26(36)23-10-15-9-20(29)22(11-21(15)33-23)34-40(37,38)18-6-7-18/h2-5,8-13,18,33-34H,6-7,30H2,1H3. The summed E-state index contributed by atoms with van der Waals surface area (Å²) in [6.07, 6.45) is 3.89. The number of nitrogen functional groups attached to an aromatic ring is 1. The molecule has 3 heterocycles. The second-order valence-electron chi connectivity index (χ2n) is 9.50. The van der Waals surface area contributed by atoms with Crippen LogP contribution >= 0.6 is 0 Å². The van der Waals surface area contributed by atoms with Crippen molar-refractivity contribution in [3.8, 4) is 17.3 Å². The lowest BCUT2D eigenvalue weighted by atomic mass is 10.1. The number of fused-ring (bicyclic) bond motifs is 1. The van der Waals surface area contributed by atoms with Gasteiger partial charge >= 0.3 is 0 Å². The average molecular weight is 565 g/mol. The second kappa shape index (κ2) is 9.45. The molecule has 4 N–H and O–H groups in total. The van der Waals surface area contributed by atoms with E-state index in [0.29, 0.717) is 40.7 Å². The van der Waals surface area contributed by atoms with Crippen LogP contribution in [0, 0.1) is 18.6 Å². The zero-order valence-corrected chi connectivity index (χ0v) is 21.8.